The van der Waals surface area contributed by atoms with E-state index in [2.05, 4.69) is 10.3 Å². The second kappa shape index (κ2) is 8.09. The molecule has 6 nitrogen and oxygen atoms in total. The van der Waals surface area contributed by atoms with Crippen molar-refractivity contribution >= 4 is 26.5 Å². The monoisotopic (exact) mass is 444 g/mol. The van der Waals surface area contributed by atoms with Gasteiger partial charge in [-0.15, -0.1) is 0 Å². The van der Waals surface area contributed by atoms with Gasteiger partial charge in [-0.05, 0) is 52.9 Å². The minimum absolute atomic E-state index is 0.193. The Morgan fingerprint density at radius 3 is 2.69 bits per heavy atom. The van der Waals surface area contributed by atoms with Crippen LogP contribution in [0, 0.1) is 0 Å². The molecule has 32 heavy (non-hydrogen) atoms. The summed E-state index contributed by atoms with van der Waals surface area (Å²) in [6, 6.07) is 19.1. The summed E-state index contributed by atoms with van der Waals surface area (Å²) in [4.78, 5) is 17.0. The summed E-state index contributed by atoms with van der Waals surface area (Å²) >= 11 is 0. The third kappa shape index (κ3) is 3.71. The van der Waals surface area contributed by atoms with Gasteiger partial charge in [-0.3, -0.25) is 9.78 Å². The number of aromatic nitrogens is 1. The number of benzene rings is 3. The highest BCUT2D eigenvalue weighted by atomic mass is 32.2. The predicted molar refractivity (Wildman–Crippen MR) is 120 cm³/mol. The molecule has 1 N–H and O–H groups in total. The number of carbonyl (C=O) groups excluding carboxylic acids is 1. The van der Waals surface area contributed by atoms with Crippen LogP contribution in [0.5, 0.6) is 5.75 Å². The van der Waals surface area contributed by atoms with Crippen molar-refractivity contribution in [1.29, 1.82) is 0 Å². The smallest absolute Gasteiger partial charge is 0.251 e. The summed E-state index contributed by atoms with van der Waals surface area (Å²) in [7, 11) is -3.69. The van der Waals surface area contributed by atoms with E-state index in [9.17, 15) is 13.2 Å². The van der Waals surface area contributed by atoms with E-state index < -0.39 is 9.84 Å². The number of nitrogens with zero attached hydrogens (tertiary/aromatic N) is 1. The van der Waals surface area contributed by atoms with E-state index in [0.717, 1.165) is 21.9 Å². The van der Waals surface area contributed by atoms with Crippen LogP contribution in [0.3, 0.4) is 0 Å². The van der Waals surface area contributed by atoms with Crippen LogP contribution in [-0.2, 0) is 22.8 Å². The van der Waals surface area contributed by atoms with Crippen LogP contribution in [0.1, 0.15) is 21.5 Å². The van der Waals surface area contributed by atoms with E-state index >= 15 is 0 Å². The highest BCUT2D eigenvalue weighted by Gasteiger charge is 2.26. The maximum atomic E-state index is 13.1. The average molecular weight is 445 g/mol. The van der Waals surface area contributed by atoms with E-state index in [1.165, 1.54) is 0 Å². The zero-order valence-electron chi connectivity index (χ0n) is 17.1. The molecule has 0 spiro atoms. The summed E-state index contributed by atoms with van der Waals surface area (Å²) in [5, 5.41) is 4.79. The third-order valence-electron chi connectivity index (χ3n) is 5.56. The van der Waals surface area contributed by atoms with Crippen molar-refractivity contribution in [1.82, 2.24) is 10.3 Å². The van der Waals surface area contributed by atoms with Crippen molar-refractivity contribution in [2.75, 3.05) is 6.61 Å². The fourth-order valence-electron chi connectivity index (χ4n) is 3.82. The van der Waals surface area contributed by atoms with Gasteiger partial charge in [0.05, 0.1) is 11.5 Å². The first-order valence-electron chi connectivity index (χ1n) is 10.2. The lowest BCUT2D eigenvalue weighted by Gasteiger charge is -2.10. The Labute approximate surface area is 185 Å². The molecule has 1 aromatic heterocycles. The molecule has 0 saturated heterocycles. The molecule has 1 aliphatic heterocycles. The number of para-hydroxylation sites is 1. The second-order valence-electron chi connectivity index (χ2n) is 7.61. The summed E-state index contributed by atoms with van der Waals surface area (Å²) in [6.07, 6.45) is 4.15. The number of carbonyl (C=O) groups is 1. The number of amides is 1. The predicted octanol–water partition coefficient (Wildman–Crippen LogP) is 3.93. The van der Waals surface area contributed by atoms with Crippen molar-refractivity contribution in [3.8, 4) is 5.75 Å². The molecule has 5 rings (SSSR count). The number of nitrogens with one attached hydrogen (secondary N) is 1. The molecule has 0 saturated carbocycles. The standard InChI is InChI=1S/C25H20N2O4S/c28-25(20-7-6-18-10-12-26-16-21(18)14-20)27-15-17-4-8-22(9-5-17)32(29,30)23-3-1-2-19-11-13-31-24(19)23/h1-10,12,14,16H,11,13,15H2,(H,27,28). The van der Waals surface area contributed by atoms with Gasteiger partial charge in [0.2, 0.25) is 9.84 Å². The number of rotatable bonds is 5. The lowest BCUT2D eigenvalue weighted by atomic mass is 10.1. The Kier molecular flexibility index (Phi) is 5.11. The van der Waals surface area contributed by atoms with Crippen molar-refractivity contribution in [2.24, 2.45) is 0 Å². The maximum Gasteiger partial charge on any atom is 0.251 e. The van der Waals surface area contributed by atoms with Crippen molar-refractivity contribution < 1.29 is 17.9 Å². The molecule has 3 aromatic carbocycles. The molecule has 0 radical (unpaired) electrons. The molecule has 7 heteroatoms. The van der Waals surface area contributed by atoms with Crippen molar-refractivity contribution in [2.45, 2.75) is 22.8 Å². The zero-order chi connectivity index (χ0) is 22.1. The molecule has 0 bridgehead atoms. The summed E-state index contributed by atoms with van der Waals surface area (Å²) in [5.74, 6) is 0.249. The van der Waals surface area contributed by atoms with Gasteiger partial charge in [-0.1, -0.05) is 30.3 Å². The molecule has 2 heterocycles. The van der Waals surface area contributed by atoms with Crippen LogP contribution >= 0.6 is 0 Å². The van der Waals surface area contributed by atoms with Gasteiger partial charge in [0.15, 0.2) is 0 Å². The Hall–Kier alpha value is -3.71. The number of pyridine rings is 1. The maximum absolute atomic E-state index is 13.1. The van der Waals surface area contributed by atoms with E-state index in [-0.39, 0.29) is 22.2 Å². The van der Waals surface area contributed by atoms with Crippen molar-refractivity contribution in [3.63, 3.8) is 0 Å². The van der Waals surface area contributed by atoms with Gasteiger partial charge < -0.3 is 10.1 Å². The molecule has 0 unspecified atom stereocenters. The lowest BCUT2D eigenvalue weighted by Crippen LogP contribution is -2.22. The van der Waals surface area contributed by atoms with Crippen LogP contribution in [-0.4, -0.2) is 25.9 Å². The van der Waals surface area contributed by atoms with Gasteiger partial charge >= 0.3 is 0 Å². The zero-order valence-corrected chi connectivity index (χ0v) is 17.9. The molecule has 1 amide bonds. The van der Waals surface area contributed by atoms with Crippen molar-refractivity contribution in [3.05, 3.63) is 95.8 Å². The van der Waals surface area contributed by atoms with Gasteiger partial charge in [-0.25, -0.2) is 8.42 Å². The quantitative estimate of drug-likeness (QED) is 0.504. The van der Waals surface area contributed by atoms with Gasteiger partial charge in [0.1, 0.15) is 10.6 Å². The summed E-state index contributed by atoms with van der Waals surface area (Å²) in [6.45, 7) is 0.780. The fourth-order valence-corrected chi connectivity index (χ4v) is 5.26. The van der Waals surface area contributed by atoms with Crippen LogP contribution in [0.2, 0.25) is 0 Å². The first-order valence-corrected chi connectivity index (χ1v) is 11.7. The molecular weight excluding hydrogens is 424 g/mol. The number of hydrogen-bond donors (Lipinski definition) is 1. The Morgan fingerprint density at radius 2 is 1.84 bits per heavy atom. The first kappa shape index (κ1) is 20.2. The van der Waals surface area contributed by atoms with E-state index in [4.69, 9.17) is 4.74 Å². The third-order valence-corrected chi connectivity index (χ3v) is 7.35. The molecule has 0 atom stereocenters. The average Bonchev–Trinajstić information content (AvgIpc) is 3.31. The Bertz CT molecular complexity index is 1430. The van der Waals surface area contributed by atoms with Crippen LogP contribution in [0.25, 0.3) is 10.8 Å². The summed E-state index contributed by atoms with van der Waals surface area (Å²) in [5.41, 5.74) is 2.26. The highest BCUT2D eigenvalue weighted by molar-refractivity contribution is 7.91. The van der Waals surface area contributed by atoms with Gasteiger partial charge in [-0.2, -0.15) is 0 Å². The lowest BCUT2D eigenvalue weighted by molar-refractivity contribution is 0.0951. The molecule has 0 fully saturated rings. The van der Waals surface area contributed by atoms with E-state index in [1.807, 2.05) is 18.2 Å². The van der Waals surface area contributed by atoms with E-state index in [1.54, 1.807) is 60.9 Å². The van der Waals surface area contributed by atoms with Gasteiger partial charge in [0, 0.05) is 36.3 Å². The minimum atomic E-state index is -3.69. The number of ether oxygens (including phenoxy) is 1. The van der Waals surface area contributed by atoms with Gasteiger partial charge in [0.25, 0.3) is 5.91 Å². The number of fused-ring (bicyclic) bond motifs is 2. The highest BCUT2D eigenvalue weighted by Crippen LogP contribution is 2.35. The number of sulfone groups is 1. The fraction of sp³-hybridized carbons (Fsp3) is 0.120. The summed E-state index contributed by atoms with van der Waals surface area (Å²) < 4.78 is 31.8. The first-order chi connectivity index (χ1) is 15.5. The van der Waals surface area contributed by atoms with Crippen LogP contribution < -0.4 is 10.1 Å². The minimum Gasteiger partial charge on any atom is -0.492 e. The normalized spacial score (nSPS) is 12.9. The second-order valence-corrected chi connectivity index (χ2v) is 9.53. The van der Waals surface area contributed by atoms with E-state index in [0.29, 0.717) is 24.3 Å². The van der Waals surface area contributed by atoms with Crippen LogP contribution in [0.4, 0.5) is 0 Å². The molecule has 4 aromatic rings. The Morgan fingerprint density at radius 1 is 1.00 bits per heavy atom. The molecular formula is C25H20N2O4S. The van der Waals surface area contributed by atoms with Crippen LogP contribution in [0.15, 0.2) is 88.9 Å². The largest absolute Gasteiger partial charge is 0.492 e. The SMILES string of the molecule is O=C(NCc1ccc(S(=O)(=O)c2cccc3c2OCC3)cc1)c1ccc2ccncc2c1. The molecule has 160 valence electrons. The number of hydrogen-bond acceptors (Lipinski definition) is 5. The Balaban J connectivity index is 1.30. The topological polar surface area (TPSA) is 85.4 Å². The molecule has 0 aliphatic carbocycles. The molecule has 1 aliphatic rings.